The standard InChI is InChI=1S/C20H17N3O/c24-20(23-13-11-15-6-4-5-9-19(15)23)18-14-17(10-12-21-18)22-16-7-2-1-3-8-16/h1-10,12,14H,11,13H2,(H,21,22). The van der Waals surface area contributed by atoms with Gasteiger partial charge in [-0.05, 0) is 42.3 Å². The van der Waals surface area contributed by atoms with Crippen molar-refractivity contribution in [2.75, 3.05) is 16.8 Å². The number of carbonyl (C=O) groups is 1. The molecule has 0 saturated carbocycles. The maximum Gasteiger partial charge on any atom is 0.276 e. The number of nitrogens with zero attached hydrogens (tertiary/aromatic N) is 2. The summed E-state index contributed by atoms with van der Waals surface area (Å²) in [5, 5.41) is 3.30. The summed E-state index contributed by atoms with van der Waals surface area (Å²) < 4.78 is 0. The van der Waals surface area contributed by atoms with E-state index in [1.54, 1.807) is 12.3 Å². The van der Waals surface area contributed by atoms with Crippen molar-refractivity contribution < 1.29 is 4.79 Å². The summed E-state index contributed by atoms with van der Waals surface area (Å²) in [4.78, 5) is 18.9. The maximum absolute atomic E-state index is 12.8. The van der Waals surface area contributed by atoms with Crippen LogP contribution in [0.3, 0.4) is 0 Å². The van der Waals surface area contributed by atoms with Crippen LogP contribution in [0.25, 0.3) is 0 Å². The third-order valence-corrected chi connectivity index (χ3v) is 4.17. The first kappa shape index (κ1) is 14.5. The fourth-order valence-electron chi connectivity index (χ4n) is 3.00. The minimum Gasteiger partial charge on any atom is -0.355 e. The zero-order valence-electron chi connectivity index (χ0n) is 13.1. The van der Waals surface area contributed by atoms with Gasteiger partial charge in [-0.3, -0.25) is 9.78 Å². The molecule has 4 rings (SSSR count). The Kier molecular flexibility index (Phi) is 3.71. The lowest BCUT2D eigenvalue weighted by Crippen LogP contribution is -2.29. The normalized spacial score (nSPS) is 12.8. The predicted molar refractivity (Wildman–Crippen MR) is 95.8 cm³/mol. The van der Waals surface area contributed by atoms with E-state index < -0.39 is 0 Å². The Morgan fingerprint density at radius 3 is 2.62 bits per heavy atom. The van der Waals surface area contributed by atoms with Crippen molar-refractivity contribution in [2.45, 2.75) is 6.42 Å². The highest BCUT2D eigenvalue weighted by Gasteiger charge is 2.25. The van der Waals surface area contributed by atoms with Crippen LogP contribution in [-0.4, -0.2) is 17.4 Å². The van der Waals surface area contributed by atoms with E-state index in [1.807, 2.05) is 59.5 Å². The average molecular weight is 315 g/mol. The SMILES string of the molecule is O=C(c1cc(Nc2ccccc2)ccn1)N1CCc2ccccc21. The number of para-hydroxylation sites is 2. The van der Waals surface area contributed by atoms with Crippen molar-refractivity contribution in [1.29, 1.82) is 0 Å². The van der Waals surface area contributed by atoms with Gasteiger partial charge in [0.15, 0.2) is 0 Å². The predicted octanol–water partition coefficient (Wildman–Crippen LogP) is 4.03. The highest BCUT2D eigenvalue weighted by atomic mass is 16.2. The molecule has 0 unspecified atom stereocenters. The number of aromatic nitrogens is 1. The summed E-state index contributed by atoms with van der Waals surface area (Å²) in [6.45, 7) is 0.705. The van der Waals surface area contributed by atoms with E-state index in [9.17, 15) is 4.79 Å². The number of carbonyl (C=O) groups excluding carboxylic acids is 1. The Morgan fingerprint density at radius 2 is 1.75 bits per heavy atom. The van der Waals surface area contributed by atoms with Gasteiger partial charge in [0, 0.05) is 29.8 Å². The summed E-state index contributed by atoms with van der Waals surface area (Å²) >= 11 is 0. The number of benzene rings is 2. The number of rotatable bonds is 3. The molecule has 0 bridgehead atoms. The summed E-state index contributed by atoms with van der Waals surface area (Å²) in [5.41, 5.74) is 4.49. The van der Waals surface area contributed by atoms with Crippen molar-refractivity contribution >= 4 is 23.0 Å². The Bertz CT molecular complexity index is 877. The molecule has 0 fully saturated rings. The van der Waals surface area contributed by atoms with Gasteiger partial charge in [0.1, 0.15) is 5.69 Å². The van der Waals surface area contributed by atoms with Gasteiger partial charge in [0.2, 0.25) is 0 Å². The monoisotopic (exact) mass is 315 g/mol. The van der Waals surface area contributed by atoms with Gasteiger partial charge >= 0.3 is 0 Å². The molecule has 3 aromatic rings. The smallest absolute Gasteiger partial charge is 0.276 e. The molecule has 4 nitrogen and oxygen atoms in total. The number of hydrogen-bond acceptors (Lipinski definition) is 3. The topological polar surface area (TPSA) is 45.2 Å². The quantitative estimate of drug-likeness (QED) is 0.794. The molecule has 0 aliphatic carbocycles. The van der Waals surface area contributed by atoms with Crippen molar-refractivity contribution in [1.82, 2.24) is 4.98 Å². The molecular weight excluding hydrogens is 298 g/mol. The average Bonchev–Trinajstić information content (AvgIpc) is 3.06. The molecule has 1 N–H and O–H groups in total. The van der Waals surface area contributed by atoms with Crippen LogP contribution in [0, 0.1) is 0 Å². The lowest BCUT2D eigenvalue weighted by molar-refractivity contribution is 0.0984. The van der Waals surface area contributed by atoms with E-state index in [4.69, 9.17) is 0 Å². The largest absolute Gasteiger partial charge is 0.355 e. The Balaban J connectivity index is 1.59. The van der Waals surface area contributed by atoms with Gasteiger partial charge in [0.05, 0.1) is 0 Å². The number of fused-ring (bicyclic) bond motifs is 1. The molecule has 2 heterocycles. The fourth-order valence-corrected chi connectivity index (χ4v) is 3.00. The summed E-state index contributed by atoms with van der Waals surface area (Å²) in [6, 6.07) is 21.6. The van der Waals surface area contributed by atoms with E-state index in [0.717, 1.165) is 23.5 Å². The minimum atomic E-state index is -0.0586. The molecule has 1 aromatic heterocycles. The van der Waals surface area contributed by atoms with Crippen molar-refractivity contribution in [2.24, 2.45) is 0 Å². The third-order valence-electron chi connectivity index (χ3n) is 4.17. The molecule has 0 saturated heterocycles. The molecule has 2 aromatic carbocycles. The maximum atomic E-state index is 12.8. The van der Waals surface area contributed by atoms with Gasteiger partial charge in [-0.25, -0.2) is 0 Å². The van der Waals surface area contributed by atoms with Crippen LogP contribution in [-0.2, 0) is 6.42 Å². The molecule has 1 aliphatic rings. The van der Waals surface area contributed by atoms with Crippen LogP contribution in [0.1, 0.15) is 16.1 Å². The number of pyridine rings is 1. The highest BCUT2D eigenvalue weighted by molar-refractivity contribution is 6.06. The molecule has 0 radical (unpaired) electrons. The Hall–Kier alpha value is -3.14. The first-order chi connectivity index (χ1) is 11.8. The fraction of sp³-hybridized carbons (Fsp3) is 0.100. The van der Waals surface area contributed by atoms with E-state index in [-0.39, 0.29) is 5.91 Å². The van der Waals surface area contributed by atoms with Crippen molar-refractivity contribution in [3.8, 4) is 0 Å². The molecule has 1 amide bonds. The Labute approximate surface area is 140 Å². The molecule has 4 heteroatoms. The third kappa shape index (κ3) is 2.74. The van der Waals surface area contributed by atoms with Gasteiger partial charge in [-0.1, -0.05) is 36.4 Å². The van der Waals surface area contributed by atoms with Crippen LogP contribution in [0.4, 0.5) is 17.1 Å². The number of amides is 1. The van der Waals surface area contributed by atoms with E-state index in [0.29, 0.717) is 12.2 Å². The second-order valence-corrected chi connectivity index (χ2v) is 5.76. The molecule has 0 atom stereocenters. The zero-order chi connectivity index (χ0) is 16.4. The number of nitrogens with one attached hydrogen (secondary N) is 1. The van der Waals surface area contributed by atoms with Crippen LogP contribution in [0.2, 0.25) is 0 Å². The molecule has 118 valence electrons. The van der Waals surface area contributed by atoms with Crippen LogP contribution >= 0.6 is 0 Å². The lowest BCUT2D eigenvalue weighted by Gasteiger charge is -2.17. The Morgan fingerprint density at radius 1 is 0.958 bits per heavy atom. The van der Waals surface area contributed by atoms with E-state index >= 15 is 0 Å². The van der Waals surface area contributed by atoms with Gasteiger partial charge < -0.3 is 10.2 Å². The van der Waals surface area contributed by atoms with Gasteiger partial charge in [-0.15, -0.1) is 0 Å². The molecule has 1 aliphatic heterocycles. The molecule has 24 heavy (non-hydrogen) atoms. The first-order valence-corrected chi connectivity index (χ1v) is 7.99. The zero-order valence-corrected chi connectivity index (χ0v) is 13.1. The van der Waals surface area contributed by atoms with Crippen LogP contribution in [0.15, 0.2) is 72.9 Å². The summed E-state index contributed by atoms with van der Waals surface area (Å²) in [7, 11) is 0. The van der Waals surface area contributed by atoms with Gasteiger partial charge in [0.25, 0.3) is 5.91 Å². The highest BCUT2D eigenvalue weighted by Crippen LogP contribution is 2.29. The van der Waals surface area contributed by atoms with E-state index in [1.165, 1.54) is 5.56 Å². The van der Waals surface area contributed by atoms with E-state index in [2.05, 4.69) is 16.4 Å². The second kappa shape index (κ2) is 6.16. The second-order valence-electron chi connectivity index (χ2n) is 5.76. The van der Waals surface area contributed by atoms with Crippen LogP contribution in [0.5, 0.6) is 0 Å². The first-order valence-electron chi connectivity index (χ1n) is 7.99. The van der Waals surface area contributed by atoms with Crippen molar-refractivity contribution in [3.63, 3.8) is 0 Å². The minimum absolute atomic E-state index is 0.0586. The molecular formula is C20H17N3O. The number of anilines is 3. The molecule has 0 spiro atoms. The summed E-state index contributed by atoms with van der Waals surface area (Å²) in [5.74, 6) is -0.0586. The summed E-state index contributed by atoms with van der Waals surface area (Å²) in [6.07, 6.45) is 2.56. The van der Waals surface area contributed by atoms with Gasteiger partial charge in [-0.2, -0.15) is 0 Å². The lowest BCUT2D eigenvalue weighted by atomic mass is 10.2. The number of hydrogen-bond donors (Lipinski definition) is 1. The van der Waals surface area contributed by atoms with Crippen molar-refractivity contribution in [3.05, 3.63) is 84.2 Å². The van der Waals surface area contributed by atoms with Crippen LogP contribution < -0.4 is 10.2 Å².